The first kappa shape index (κ1) is 11.8. The summed E-state index contributed by atoms with van der Waals surface area (Å²) in [5.74, 6) is 1.82. The highest BCUT2D eigenvalue weighted by atomic mass is 32.1. The van der Waals surface area contributed by atoms with E-state index in [1.165, 1.54) is 30.6 Å². The molecule has 0 bridgehead atoms. The van der Waals surface area contributed by atoms with Crippen molar-refractivity contribution < 1.29 is 4.52 Å². The summed E-state index contributed by atoms with van der Waals surface area (Å²) in [4.78, 5) is 1.17. The van der Waals surface area contributed by atoms with Gasteiger partial charge in [0.15, 0.2) is 0 Å². The van der Waals surface area contributed by atoms with Gasteiger partial charge in [-0.05, 0) is 30.2 Å². The first-order valence-corrected chi connectivity index (χ1v) is 7.42. The van der Waals surface area contributed by atoms with E-state index in [4.69, 9.17) is 10.3 Å². The fourth-order valence-corrected chi connectivity index (χ4v) is 3.58. The molecule has 0 radical (unpaired) electrons. The van der Waals surface area contributed by atoms with E-state index < -0.39 is 0 Å². The van der Waals surface area contributed by atoms with Crippen molar-refractivity contribution in [2.24, 2.45) is 5.92 Å². The van der Waals surface area contributed by atoms with Gasteiger partial charge in [0.05, 0.1) is 11.3 Å². The standard InChI is InChI=1S/C14H18N2OS/c1-9-4-6-10(7-5-9)13-12(14(15)17-16-13)11-3-2-8-18-11/h2-3,8-10H,4-7,15H2,1H3. The molecular weight excluding hydrogens is 244 g/mol. The Morgan fingerprint density at radius 3 is 2.78 bits per heavy atom. The number of anilines is 1. The first-order valence-electron chi connectivity index (χ1n) is 6.54. The summed E-state index contributed by atoms with van der Waals surface area (Å²) >= 11 is 1.69. The van der Waals surface area contributed by atoms with Gasteiger partial charge in [-0.3, -0.25) is 0 Å². The normalized spacial score (nSPS) is 24.3. The van der Waals surface area contributed by atoms with E-state index in [0.29, 0.717) is 11.8 Å². The van der Waals surface area contributed by atoms with Crippen LogP contribution in [0.4, 0.5) is 5.88 Å². The van der Waals surface area contributed by atoms with Gasteiger partial charge in [0, 0.05) is 10.8 Å². The Morgan fingerprint density at radius 2 is 2.11 bits per heavy atom. The van der Waals surface area contributed by atoms with Crippen LogP contribution < -0.4 is 5.73 Å². The van der Waals surface area contributed by atoms with Gasteiger partial charge in [0.25, 0.3) is 0 Å². The molecule has 2 aromatic heterocycles. The molecular formula is C14H18N2OS. The van der Waals surface area contributed by atoms with E-state index in [1.54, 1.807) is 11.3 Å². The summed E-state index contributed by atoms with van der Waals surface area (Å²) in [5.41, 5.74) is 8.05. The summed E-state index contributed by atoms with van der Waals surface area (Å²) in [5, 5.41) is 6.29. The molecule has 0 aromatic carbocycles. The highest BCUT2D eigenvalue weighted by Crippen LogP contribution is 2.42. The Kier molecular flexibility index (Phi) is 3.12. The van der Waals surface area contributed by atoms with Crippen molar-refractivity contribution in [3.63, 3.8) is 0 Å². The van der Waals surface area contributed by atoms with Crippen LogP contribution in [-0.4, -0.2) is 5.16 Å². The molecule has 1 saturated carbocycles. The molecule has 3 nitrogen and oxygen atoms in total. The highest BCUT2D eigenvalue weighted by Gasteiger charge is 2.27. The van der Waals surface area contributed by atoms with Crippen LogP contribution in [0, 0.1) is 5.92 Å². The van der Waals surface area contributed by atoms with Crippen LogP contribution >= 0.6 is 11.3 Å². The lowest BCUT2D eigenvalue weighted by atomic mass is 9.80. The SMILES string of the molecule is CC1CCC(c2noc(N)c2-c2cccs2)CC1. The molecule has 0 saturated heterocycles. The van der Waals surface area contributed by atoms with Crippen molar-refractivity contribution >= 4 is 17.2 Å². The third-order valence-corrected chi connectivity index (χ3v) is 4.80. The maximum absolute atomic E-state index is 5.94. The number of nitrogen functional groups attached to an aromatic ring is 1. The Hall–Kier alpha value is -1.29. The van der Waals surface area contributed by atoms with Gasteiger partial charge in [-0.1, -0.05) is 31.0 Å². The van der Waals surface area contributed by atoms with E-state index in [-0.39, 0.29) is 0 Å². The van der Waals surface area contributed by atoms with Gasteiger partial charge in [-0.2, -0.15) is 0 Å². The number of thiophene rings is 1. The molecule has 1 fully saturated rings. The predicted molar refractivity (Wildman–Crippen MR) is 74.6 cm³/mol. The lowest BCUT2D eigenvalue weighted by Gasteiger charge is -2.25. The molecule has 0 aliphatic heterocycles. The van der Waals surface area contributed by atoms with Gasteiger partial charge in [-0.15, -0.1) is 11.3 Å². The lowest BCUT2D eigenvalue weighted by Crippen LogP contribution is -2.11. The minimum atomic E-state index is 0.464. The quantitative estimate of drug-likeness (QED) is 0.878. The number of rotatable bonds is 2. The van der Waals surface area contributed by atoms with Crippen LogP contribution in [0.1, 0.15) is 44.2 Å². The van der Waals surface area contributed by atoms with Gasteiger partial charge in [0.1, 0.15) is 0 Å². The van der Waals surface area contributed by atoms with Gasteiger partial charge in [0.2, 0.25) is 5.88 Å². The number of aromatic nitrogens is 1. The topological polar surface area (TPSA) is 52.0 Å². The summed E-state index contributed by atoms with van der Waals surface area (Å²) in [7, 11) is 0. The average Bonchev–Trinajstić information content (AvgIpc) is 2.99. The average molecular weight is 262 g/mol. The third kappa shape index (κ3) is 2.05. The maximum Gasteiger partial charge on any atom is 0.231 e. The van der Waals surface area contributed by atoms with Crippen molar-refractivity contribution in [1.82, 2.24) is 5.16 Å². The molecule has 96 valence electrons. The van der Waals surface area contributed by atoms with Crippen LogP contribution in [0.25, 0.3) is 10.4 Å². The number of hydrogen-bond acceptors (Lipinski definition) is 4. The van der Waals surface area contributed by atoms with Crippen LogP contribution in [0.3, 0.4) is 0 Å². The maximum atomic E-state index is 5.94. The number of hydrogen-bond donors (Lipinski definition) is 1. The molecule has 3 rings (SSSR count). The highest BCUT2D eigenvalue weighted by molar-refractivity contribution is 7.13. The molecule has 2 aromatic rings. The first-order chi connectivity index (χ1) is 8.75. The van der Waals surface area contributed by atoms with Crippen molar-refractivity contribution in [2.75, 3.05) is 5.73 Å². The zero-order valence-corrected chi connectivity index (χ0v) is 11.4. The van der Waals surface area contributed by atoms with E-state index in [2.05, 4.69) is 23.5 Å². The second kappa shape index (κ2) is 4.76. The second-order valence-electron chi connectivity index (χ2n) is 5.24. The van der Waals surface area contributed by atoms with E-state index in [1.807, 2.05) is 6.07 Å². The summed E-state index contributed by atoms with van der Waals surface area (Å²) in [6.45, 7) is 2.33. The third-order valence-electron chi connectivity index (χ3n) is 3.92. The van der Waals surface area contributed by atoms with Crippen LogP contribution in [0.15, 0.2) is 22.0 Å². The summed E-state index contributed by atoms with van der Waals surface area (Å²) in [6, 6.07) is 4.13. The molecule has 0 amide bonds. The summed E-state index contributed by atoms with van der Waals surface area (Å²) < 4.78 is 5.23. The summed E-state index contributed by atoms with van der Waals surface area (Å²) in [6.07, 6.45) is 4.96. The molecule has 2 N–H and O–H groups in total. The van der Waals surface area contributed by atoms with Crippen LogP contribution in [0.2, 0.25) is 0 Å². The Bertz CT molecular complexity index is 510. The molecule has 4 heteroatoms. The van der Waals surface area contributed by atoms with Crippen molar-refractivity contribution in [1.29, 1.82) is 0 Å². The molecule has 0 spiro atoms. The smallest absolute Gasteiger partial charge is 0.231 e. The van der Waals surface area contributed by atoms with E-state index in [0.717, 1.165) is 17.2 Å². The van der Waals surface area contributed by atoms with Crippen LogP contribution in [-0.2, 0) is 0 Å². The van der Waals surface area contributed by atoms with E-state index >= 15 is 0 Å². The molecule has 0 atom stereocenters. The van der Waals surface area contributed by atoms with Gasteiger partial charge >= 0.3 is 0 Å². The minimum Gasteiger partial charge on any atom is -0.367 e. The van der Waals surface area contributed by atoms with Crippen molar-refractivity contribution in [3.05, 3.63) is 23.2 Å². The fraction of sp³-hybridized carbons (Fsp3) is 0.500. The van der Waals surface area contributed by atoms with Crippen LogP contribution in [0.5, 0.6) is 0 Å². The monoisotopic (exact) mass is 262 g/mol. The number of nitrogens with zero attached hydrogens (tertiary/aromatic N) is 1. The molecule has 0 unspecified atom stereocenters. The van der Waals surface area contributed by atoms with Crippen molar-refractivity contribution in [2.45, 2.75) is 38.5 Å². The number of nitrogens with two attached hydrogens (primary N) is 1. The molecule has 2 heterocycles. The van der Waals surface area contributed by atoms with Gasteiger partial charge in [-0.25, -0.2) is 0 Å². The largest absolute Gasteiger partial charge is 0.367 e. The minimum absolute atomic E-state index is 0.464. The molecule has 18 heavy (non-hydrogen) atoms. The Balaban J connectivity index is 1.93. The van der Waals surface area contributed by atoms with Crippen molar-refractivity contribution in [3.8, 4) is 10.4 Å². The Labute approximate surface area is 111 Å². The van der Waals surface area contributed by atoms with E-state index in [9.17, 15) is 0 Å². The van der Waals surface area contributed by atoms with Gasteiger partial charge < -0.3 is 10.3 Å². The predicted octanol–water partition coefficient (Wildman–Crippen LogP) is 4.28. The molecule has 1 aliphatic carbocycles. The lowest BCUT2D eigenvalue weighted by molar-refractivity contribution is 0.331. The Morgan fingerprint density at radius 1 is 1.33 bits per heavy atom. The zero-order valence-electron chi connectivity index (χ0n) is 10.6. The fourth-order valence-electron chi connectivity index (χ4n) is 2.80. The molecule has 1 aliphatic rings. The second-order valence-corrected chi connectivity index (χ2v) is 6.19. The zero-order chi connectivity index (χ0) is 12.5.